The molecule has 0 N–H and O–H groups in total. The number of likely N-dealkylation sites (tertiary alicyclic amines) is 1. The van der Waals surface area contributed by atoms with E-state index in [9.17, 15) is 4.79 Å². The van der Waals surface area contributed by atoms with Crippen molar-refractivity contribution in [2.45, 2.75) is 57.5 Å². The molecule has 3 unspecified atom stereocenters. The lowest BCUT2D eigenvalue weighted by molar-refractivity contribution is -0.0148. The summed E-state index contributed by atoms with van der Waals surface area (Å²) in [5.74, 6) is 1.33. The number of allylic oxidation sites excluding steroid dienone is 1. The third-order valence-corrected chi connectivity index (χ3v) is 5.18. The number of rotatable bonds is 2. The topological polar surface area (TPSA) is 29.5 Å². The van der Waals surface area contributed by atoms with Gasteiger partial charge in [-0.3, -0.25) is 0 Å². The second-order valence-electron chi connectivity index (χ2n) is 6.45. The largest absolute Gasteiger partial charge is 0.438 e. The molecular weight excluding hydrogens is 238 g/mol. The van der Waals surface area contributed by atoms with Crippen molar-refractivity contribution in [3.05, 3.63) is 12.2 Å². The van der Waals surface area contributed by atoms with Crippen LogP contribution in [0.25, 0.3) is 0 Å². The molecule has 2 bridgehead atoms. The normalized spacial score (nSPS) is 38.1. The van der Waals surface area contributed by atoms with Crippen LogP contribution in [-0.2, 0) is 4.74 Å². The van der Waals surface area contributed by atoms with Crippen LogP contribution in [0.1, 0.15) is 51.9 Å². The Morgan fingerprint density at radius 2 is 2.05 bits per heavy atom. The van der Waals surface area contributed by atoms with Gasteiger partial charge < -0.3 is 9.64 Å². The number of hydrogen-bond acceptors (Lipinski definition) is 2. The third-order valence-electron chi connectivity index (χ3n) is 5.18. The molecule has 3 aliphatic rings. The van der Waals surface area contributed by atoms with E-state index in [1.54, 1.807) is 0 Å². The van der Waals surface area contributed by atoms with Crippen molar-refractivity contribution in [3.8, 4) is 0 Å². The number of amides is 1. The molecule has 1 aliphatic heterocycles. The van der Waals surface area contributed by atoms with E-state index in [2.05, 4.69) is 12.2 Å². The van der Waals surface area contributed by atoms with E-state index < -0.39 is 0 Å². The quantitative estimate of drug-likeness (QED) is 0.710. The van der Waals surface area contributed by atoms with Crippen molar-refractivity contribution in [3.63, 3.8) is 0 Å². The van der Waals surface area contributed by atoms with Gasteiger partial charge in [-0.05, 0) is 63.9 Å². The van der Waals surface area contributed by atoms with Gasteiger partial charge in [-0.1, -0.05) is 6.08 Å². The summed E-state index contributed by atoms with van der Waals surface area (Å²) in [6.45, 7) is 3.78. The minimum absolute atomic E-state index is 0.0784. The Bertz CT molecular complexity index is 373. The zero-order valence-corrected chi connectivity index (χ0v) is 11.9. The second kappa shape index (κ2) is 5.18. The first-order valence-electron chi connectivity index (χ1n) is 7.85. The molecule has 3 atom stereocenters. The molecule has 0 aromatic rings. The summed E-state index contributed by atoms with van der Waals surface area (Å²) in [5, 5.41) is 0. The minimum Gasteiger partial charge on any atom is -0.438 e. The van der Waals surface area contributed by atoms with Crippen LogP contribution in [0.4, 0.5) is 4.79 Å². The van der Waals surface area contributed by atoms with Crippen LogP contribution < -0.4 is 0 Å². The molecule has 3 nitrogen and oxygen atoms in total. The summed E-state index contributed by atoms with van der Waals surface area (Å²) < 4.78 is 6.01. The molecule has 1 amide bonds. The number of nitrogens with zero attached hydrogens (tertiary/aromatic N) is 1. The monoisotopic (exact) mass is 263 g/mol. The molecular formula is C16H25NO2. The van der Waals surface area contributed by atoms with Gasteiger partial charge in [0.25, 0.3) is 0 Å². The first-order valence-corrected chi connectivity index (χ1v) is 7.85. The summed E-state index contributed by atoms with van der Waals surface area (Å²) >= 11 is 0. The number of carbonyl (C=O) groups excluding carboxylic acids is 1. The Morgan fingerprint density at radius 3 is 2.63 bits per heavy atom. The number of piperidine rings is 1. The third kappa shape index (κ3) is 2.39. The van der Waals surface area contributed by atoms with Gasteiger partial charge in [0, 0.05) is 19.0 Å². The van der Waals surface area contributed by atoms with E-state index in [0.29, 0.717) is 5.92 Å². The van der Waals surface area contributed by atoms with Crippen molar-refractivity contribution in [2.75, 3.05) is 13.1 Å². The van der Waals surface area contributed by atoms with Gasteiger partial charge in [0.15, 0.2) is 0 Å². The number of hydrogen-bond donors (Lipinski definition) is 0. The van der Waals surface area contributed by atoms with Gasteiger partial charge in [0.1, 0.15) is 5.60 Å². The van der Waals surface area contributed by atoms with Crippen molar-refractivity contribution < 1.29 is 9.53 Å². The summed E-state index contributed by atoms with van der Waals surface area (Å²) in [6, 6.07) is 0. The van der Waals surface area contributed by atoms with Gasteiger partial charge in [0.2, 0.25) is 0 Å². The van der Waals surface area contributed by atoms with Crippen molar-refractivity contribution in [1.82, 2.24) is 4.90 Å². The lowest BCUT2D eigenvalue weighted by Crippen LogP contribution is -2.45. The summed E-state index contributed by atoms with van der Waals surface area (Å²) in [4.78, 5) is 14.3. The SMILES string of the molecule is C/C=C/C1(OC(=O)N2CCCCC2)CC2CCC1C2. The van der Waals surface area contributed by atoms with Crippen LogP contribution in [0.2, 0.25) is 0 Å². The van der Waals surface area contributed by atoms with Gasteiger partial charge in [0.05, 0.1) is 0 Å². The predicted molar refractivity (Wildman–Crippen MR) is 74.9 cm³/mol. The molecule has 3 heteroatoms. The molecule has 0 aromatic heterocycles. The van der Waals surface area contributed by atoms with Gasteiger partial charge in [-0.2, -0.15) is 0 Å². The van der Waals surface area contributed by atoms with Crippen LogP contribution >= 0.6 is 0 Å². The summed E-state index contributed by atoms with van der Waals surface area (Å²) in [5.41, 5.74) is -0.286. The maximum absolute atomic E-state index is 12.4. The molecule has 1 heterocycles. The average Bonchev–Trinajstić information content (AvgIpc) is 3.01. The summed E-state index contributed by atoms with van der Waals surface area (Å²) in [6.07, 6.45) is 12.5. The predicted octanol–water partition coefficient (Wildman–Crippen LogP) is 3.74. The first kappa shape index (κ1) is 13.0. The molecule has 106 valence electrons. The standard InChI is InChI=1S/C16H25NO2/c1-2-8-16(12-13-6-7-14(16)11-13)19-15(18)17-9-4-3-5-10-17/h2,8,13-14H,3-7,9-12H2,1H3/b8-2+. The fourth-order valence-electron chi connectivity index (χ4n) is 4.27. The van der Waals surface area contributed by atoms with Crippen LogP contribution in [0.5, 0.6) is 0 Å². The lowest BCUT2D eigenvalue weighted by Gasteiger charge is -2.37. The molecule has 2 aliphatic carbocycles. The summed E-state index contributed by atoms with van der Waals surface area (Å²) in [7, 11) is 0. The van der Waals surface area contributed by atoms with Crippen LogP contribution in [0.15, 0.2) is 12.2 Å². The Balaban J connectivity index is 1.70. The van der Waals surface area contributed by atoms with Crippen molar-refractivity contribution in [2.24, 2.45) is 11.8 Å². The van der Waals surface area contributed by atoms with E-state index in [-0.39, 0.29) is 11.7 Å². The number of carbonyl (C=O) groups is 1. The lowest BCUT2D eigenvalue weighted by atomic mass is 9.83. The fourth-order valence-corrected chi connectivity index (χ4v) is 4.27. The highest BCUT2D eigenvalue weighted by atomic mass is 16.6. The van der Waals surface area contributed by atoms with E-state index in [1.807, 2.05) is 11.8 Å². The molecule has 1 saturated heterocycles. The molecule has 0 aromatic carbocycles. The maximum atomic E-state index is 12.4. The van der Waals surface area contributed by atoms with Crippen LogP contribution in [-0.4, -0.2) is 29.7 Å². The number of fused-ring (bicyclic) bond motifs is 2. The Hall–Kier alpha value is -0.990. The highest BCUT2D eigenvalue weighted by Gasteiger charge is 2.52. The zero-order valence-electron chi connectivity index (χ0n) is 11.9. The van der Waals surface area contributed by atoms with E-state index in [4.69, 9.17) is 4.74 Å². The van der Waals surface area contributed by atoms with E-state index >= 15 is 0 Å². The van der Waals surface area contributed by atoms with Crippen molar-refractivity contribution >= 4 is 6.09 Å². The number of ether oxygens (including phenoxy) is 1. The van der Waals surface area contributed by atoms with E-state index in [1.165, 1.54) is 25.7 Å². The Kier molecular flexibility index (Phi) is 3.55. The average molecular weight is 263 g/mol. The minimum atomic E-state index is -0.286. The zero-order chi connectivity index (χ0) is 13.3. The van der Waals surface area contributed by atoms with Gasteiger partial charge in [-0.25, -0.2) is 4.79 Å². The maximum Gasteiger partial charge on any atom is 0.410 e. The molecule has 2 saturated carbocycles. The van der Waals surface area contributed by atoms with Crippen LogP contribution in [0, 0.1) is 11.8 Å². The highest BCUT2D eigenvalue weighted by molar-refractivity contribution is 5.68. The fraction of sp³-hybridized carbons (Fsp3) is 0.812. The molecule has 3 fully saturated rings. The first-order chi connectivity index (χ1) is 9.23. The van der Waals surface area contributed by atoms with E-state index in [0.717, 1.165) is 38.3 Å². The van der Waals surface area contributed by atoms with Crippen molar-refractivity contribution in [1.29, 1.82) is 0 Å². The molecule has 3 rings (SSSR count). The molecule has 19 heavy (non-hydrogen) atoms. The highest BCUT2D eigenvalue weighted by Crippen LogP contribution is 2.53. The Labute approximate surface area is 116 Å². The smallest absolute Gasteiger partial charge is 0.410 e. The van der Waals surface area contributed by atoms with Gasteiger partial charge >= 0.3 is 6.09 Å². The molecule has 0 spiro atoms. The van der Waals surface area contributed by atoms with Gasteiger partial charge in [-0.15, -0.1) is 0 Å². The molecule has 0 radical (unpaired) electrons. The second-order valence-corrected chi connectivity index (χ2v) is 6.45. The van der Waals surface area contributed by atoms with Crippen LogP contribution in [0.3, 0.4) is 0 Å². The Morgan fingerprint density at radius 1 is 1.26 bits per heavy atom.